The van der Waals surface area contributed by atoms with Gasteiger partial charge in [-0.15, -0.1) is 0 Å². The number of carbonyl (C=O) groups is 1. The van der Waals surface area contributed by atoms with Crippen LogP contribution in [0.3, 0.4) is 0 Å². The van der Waals surface area contributed by atoms with Crippen molar-refractivity contribution in [3.8, 4) is 0 Å². The molecule has 0 aromatic heterocycles. The van der Waals surface area contributed by atoms with Crippen LogP contribution in [0.2, 0.25) is 0 Å². The maximum Gasteiger partial charge on any atom is 0.524 e. The Hall–Kier alpha value is -0.900. The molecule has 0 saturated carbocycles. The lowest BCUT2D eigenvalue weighted by atomic mass is 10.0. The lowest BCUT2D eigenvalue weighted by Gasteiger charge is -2.16. The molecule has 5 nitrogen and oxygen atoms in total. The van der Waals surface area contributed by atoms with Crippen molar-refractivity contribution in [1.82, 2.24) is 0 Å². The first-order valence-corrected chi connectivity index (χ1v) is 6.14. The second-order valence-electron chi connectivity index (χ2n) is 3.16. The van der Waals surface area contributed by atoms with Crippen LogP contribution in [-0.4, -0.2) is 16.1 Å². The molecule has 2 N–H and O–H groups in total. The number of phosphoric acid groups is 1. The molecule has 0 amide bonds. The van der Waals surface area contributed by atoms with Crippen molar-refractivity contribution in [3.63, 3.8) is 0 Å². The first-order valence-electron chi connectivity index (χ1n) is 4.61. The van der Waals surface area contributed by atoms with Crippen molar-refractivity contribution in [2.45, 2.75) is 25.7 Å². The number of rotatable bonds is 5. The average molecular weight is 232 g/mol. The summed E-state index contributed by atoms with van der Waals surface area (Å²) in [5.41, 5.74) is 0.691. The SMILES string of the molecule is O=CCCC1=CCCC=C1OP(=O)(O)O. The van der Waals surface area contributed by atoms with Gasteiger partial charge in [-0.05, 0) is 30.9 Å². The average Bonchev–Trinajstić information content (AvgIpc) is 2.14. The molecule has 0 aliphatic heterocycles. The summed E-state index contributed by atoms with van der Waals surface area (Å²) < 4.78 is 15.2. The quantitative estimate of drug-likeness (QED) is 0.556. The van der Waals surface area contributed by atoms with E-state index in [1.54, 1.807) is 6.08 Å². The highest BCUT2D eigenvalue weighted by atomic mass is 31.2. The molecule has 15 heavy (non-hydrogen) atoms. The first kappa shape index (κ1) is 12.2. The van der Waals surface area contributed by atoms with Crippen LogP contribution in [-0.2, 0) is 13.9 Å². The van der Waals surface area contributed by atoms with Gasteiger partial charge in [-0.1, -0.05) is 6.08 Å². The first-order chi connectivity index (χ1) is 7.03. The van der Waals surface area contributed by atoms with Crippen LogP contribution in [0.4, 0.5) is 0 Å². The summed E-state index contributed by atoms with van der Waals surface area (Å²) in [5.74, 6) is 0.205. The van der Waals surface area contributed by atoms with Gasteiger partial charge < -0.3 is 9.32 Å². The van der Waals surface area contributed by atoms with Crippen LogP contribution in [0.5, 0.6) is 0 Å². The Morgan fingerprint density at radius 1 is 1.40 bits per heavy atom. The van der Waals surface area contributed by atoms with Gasteiger partial charge in [0, 0.05) is 6.42 Å². The Morgan fingerprint density at radius 2 is 2.07 bits per heavy atom. The minimum Gasteiger partial charge on any atom is -0.404 e. The van der Waals surface area contributed by atoms with E-state index in [-0.39, 0.29) is 5.76 Å². The highest BCUT2D eigenvalue weighted by Crippen LogP contribution is 2.42. The molecule has 6 heteroatoms. The lowest BCUT2D eigenvalue weighted by molar-refractivity contribution is -0.107. The zero-order chi connectivity index (χ0) is 11.3. The molecule has 0 unspecified atom stereocenters. The Labute approximate surface area is 87.7 Å². The van der Waals surface area contributed by atoms with Crippen LogP contribution in [0.1, 0.15) is 25.7 Å². The second kappa shape index (κ2) is 5.26. The van der Waals surface area contributed by atoms with E-state index in [1.165, 1.54) is 0 Å². The van der Waals surface area contributed by atoms with Crippen LogP contribution in [0, 0.1) is 0 Å². The zero-order valence-electron chi connectivity index (χ0n) is 8.13. The molecule has 0 aromatic rings. The lowest BCUT2D eigenvalue weighted by Crippen LogP contribution is -1.99. The van der Waals surface area contributed by atoms with Gasteiger partial charge in [0.2, 0.25) is 0 Å². The molecule has 0 fully saturated rings. The highest BCUT2D eigenvalue weighted by Gasteiger charge is 2.21. The van der Waals surface area contributed by atoms with Crippen LogP contribution >= 0.6 is 7.82 Å². The Morgan fingerprint density at radius 3 is 2.67 bits per heavy atom. The minimum absolute atomic E-state index is 0.205. The van der Waals surface area contributed by atoms with Gasteiger partial charge in [-0.3, -0.25) is 9.79 Å². The van der Waals surface area contributed by atoms with Gasteiger partial charge in [0.15, 0.2) is 0 Å². The van der Waals surface area contributed by atoms with Crippen LogP contribution in [0.15, 0.2) is 23.5 Å². The van der Waals surface area contributed by atoms with E-state index in [1.807, 2.05) is 6.08 Å². The number of carbonyl (C=O) groups excluding carboxylic acids is 1. The maximum atomic E-state index is 10.7. The third-order valence-corrected chi connectivity index (χ3v) is 2.39. The molecule has 1 rings (SSSR count). The Balaban J connectivity index is 2.68. The van der Waals surface area contributed by atoms with E-state index in [9.17, 15) is 9.36 Å². The van der Waals surface area contributed by atoms with Gasteiger partial charge >= 0.3 is 7.82 Å². The molecule has 1 aliphatic carbocycles. The summed E-state index contributed by atoms with van der Waals surface area (Å²) in [4.78, 5) is 27.5. The summed E-state index contributed by atoms with van der Waals surface area (Å²) in [5, 5.41) is 0. The number of hydrogen-bond donors (Lipinski definition) is 2. The van der Waals surface area contributed by atoms with Gasteiger partial charge in [0.05, 0.1) is 0 Å². The largest absolute Gasteiger partial charge is 0.524 e. The van der Waals surface area contributed by atoms with Crippen molar-refractivity contribution in [3.05, 3.63) is 23.5 Å². The minimum atomic E-state index is -4.50. The van der Waals surface area contributed by atoms with Crippen molar-refractivity contribution in [1.29, 1.82) is 0 Å². The zero-order valence-corrected chi connectivity index (χ0v) is 9.02. The van der Waals surface area contributed by atoms with E-state index < -0.39 is 7.82 Å². The van der Waals surface area contributed by atoms with Gasteiger partial charge in [0.25, 0.3) is 0 Å². The molecule has 0 heterocycles. The van der Waals surface area contributed by atoms with E-state index in [4.69, 9.17) is 9.79 Å². The molecule has 0 spiro atoms. The highest BCUT2D eigenvalue weighted by molar-refractivity contribution is 7.46. The number of hydrogen-bond acceptors (Lipinski definition) is 3. The number of aldehydes is 1. The molecule has 0 saturated heterocycles. The van der Waals surface area contributed by atoms with Crippen molar-refractivity contribution in [2.24, 2.45) is 0 Å². The summed E-state index contributed by atoms with van der Waals surface area (Å²) in [6.45, 7) is 0. The van der Waals surface area contributed by atoms with Crippen LogP contribution < -0.4 is 0 Å². The third kappa shape index (κ3) is 4.42. The maximum absolute atomic E-state index is 10.7. The van der Waals surface area contributed by atoms with E-state index >= 15 is 0 Å². The topological polar surface area (TPSA) is 83.8 Å². The molecule has 0 atom stereocenters. The third-order valence-electron chi connectivity index (χ3n) is 1.95. The number of allylic oxidation sites excluding steroid dienone is 3. The van der Waals surface area contributed by atoms with Gasteiger partial charge in [0.1, 0.15) is 12.0 Å². The summed E-state index contributed by atoms with van der Waals surface area (Å²) >= 11 is 0. The predicted octanol–water partition coefficient (Wildman–Crippen LogP) is 1.68. The molecule has 1 aliphatic rings. The van der Waals surface area contributed by atoms with Crippen molar-refractivity contribution in [2.75, 3.05) is 0 Å². The Bertz CT molecular complexity index is 338. The molecule has 0 bridgehead atoms. The van der Waals surface area contributed by atoms with Gasteiger partial charge in [-0.2, -0.15) is 0 Å². The molecule has 0 aromatic carbocycles. The summed E-state index contributed by atoms with van der Waals surface area (Å²) in [6.07, 6.45) is 6.53. The summed E-state index contributed by atoms with van der Waals surface area (Å²) in [6, 6.07) is 0. The molecular weight excluding hydrogens is 219 g/mol. The Kier molecular flexibility index (Phi) is 4.27. The fraction of sp³-hybridized carbons (Fsp3) is 0.444. The summed E-state index contributed by atoms with van der Waals surface area (Å²) in [7, 11) is -4.50. The molecular formula is C9H13O5P. The molecule has 84 valence electrons. The van der Waals surface area contributed by atoms with Crippen molar-refractivity contribution >= 4 is 14.1 Å². The predicted molar refractivity (Wildman–Crippen MR) is 53.8 cm³/mol. The van der Waals surface area contributed by atoms with Crippen molar-refractivity contribution < 1.29 is 23.7 Å². The monoisotopic (exact) mass is 232 g/mol. The fourth-order valence-electron chi connectivity index (χ4n) is 1.37. The normalized spacial score (nSPS) is 16.7. The fourth-order valence-corrected chi connectivity index (χ4v) is 1.82. The van der Waals surface area contributed by atoms with E-state index in [2.05, 4.69) is 4.52 Å². The molecule has 0 radical (unpaired) electrons. The van der Waals surface area contributed by atoms with Crippen LogP contribution in [0.25, 0.3) is 0 Å². The van der Waals surface area contributed by atoms with Gasteiger partial charge in [-0.25, -0.2) is 4.57 Å². The van der Waals surface area contributed by atoms with E-state index in [0.29, 0.717) is 24.8 Å². The standard InChI is InChI=1S/C9H13O5P/c10-7-3-5-8-4-1-2-6-9(8)14-15(11,12)13/h4,6-7H,1-3,5H2,(H2,11,12,13). The smallest absolute Gasteiger partial charge is 0.404 e. The number of phosphoric ester groups is 1. The second-order valence-corrected chi connectivity index (χ2v) is 4.33. The van der Waals surface area contributed by atoms with E-state index in [0.717, 1.165) is 12.7 Å².